The lowest BCUT2D eigenvalue weighted by molar-refractivity contribution is 0.0697. The Morgan fingerprint density at radius 1 is 1.20 bits per heavy atom. The Morgan fingerprint density at radius 2 is 1.93 bits per heavy atom. The van der Waals surface area contributed by atoms with Crippen molar-refractivity contribution in [3.63, 3.8) is 0 Å². The van der Waals surface area contributed by atoms with Gasteiger partial charge < -0.3 is 10.3 Å². The van der Waals surface area contributed by atoms with Crippen LogP contribution in [0.4, 0.5) is 0 Å². The molecule has 1 aromatic rings. The third kappa shape index (κ3) is 2.10. The van der Waals surface area contributed by atoms with Crippen LogP contribution in [0.1, 0.15) is 10.4 Å². The van der Waals surface area contributed by atoms with Gasteiger partial charge >= 0.3 is 12.8 Å². The molecule has 74 valence electrons. The Balaban J connectivity index is 2.20. The van der Waals surface area contributed by atoms with Gasteiger partial charge in [0.1, 0.15) is 0 Å². The van der Waals surface area contributed by atoms with Crippen molar-refractivity contribution in [3.05, 3.63) is 54.2 Å². The lowest BCUT2D eigenvalue weighted by Gasteiger charge is -2.11. The molecule has 1 heterocycles. The van der Waals surface area contributed by atoms with E-state index in [9.17, 15) is 4.79 Å². The van der Waals surface area contributed by atoms with Crippen LogP contribution in [0.25, 0.3) is 0 Å². The average molecular weight is 199 g/mol. The molecule has 1 aromatic carbocycles. The Kier molecular flexibility index (Phi) is 2.58. The predicted octanol–water partition coefficient (Wildman–Crippen LogP) is 0.796. The number of hydrogen-bond acceptors (Lipinski definition) is 2. The molecule has 0 fully saturated rings. The molecule has 1 aliphatic heterocycles. The largest absolute Gasteiger partial charge is 0.478 e. The number of nitrogens with one attached hydrogen (secondary N) is 1. The molecule has 0 aromatic heterocycles. The molecule has 0 saturated carbocycles. The average Bonchev–Trinajstić information content (AvgIpc) is 2.30. The van der Waals surface area contributed by atoms with Crippen molar-refractivity contribution in [2.75, 3.05) is 0 Å². The zero-order valence-electron chi connectivity index (χ0n) is 8.05. The van der Waals surface area contributed by atoms with Gasteiger partial charge in [-0.2, -0.15) is 0 Å². The number of allylic oxidation sites excluding steroid dienone is 2. The SMILES string of the molecule is O=C(O)c1ccc(B2C=CC=CN2)cc1. The van der Waals surface area contributed by atoms with Crippen molar-refractivity contribution in [1.29, 1.82) is 0 Å². The molecule has 0 unspecified atom stereocenters. The molecule has 15 heavy (non-hydrogen) atoms. The van der Waals surface area contributed by atoms with E-state index in [4.69, 9.17) is 5.11 Å². The fraction of sp³-hybridized carbons (Fsp3) is 0. The molecule has 0 atom stereocenters. The first-order valence-electron chi connectivity index (χ1n) is 4.70. The molecule has 2 N–H and O–H groups in total. The first-order chi connectivity index (χ1) is 7.27. The van der Waals surface area contributed by atoms with Crippen LogP contribution in [0.2, 0.25) is 0 Å². The van der Waals surface area contributed by atoms with Crippen LogP contribution in [0.5, 0.6) is 0 Å². The summed E-state index contributed by atoms with van der Waals surface area (Å²) < 4.78 is 0. The quantitative estimate of drug-likeness (QED) is 0.692. The van der Waals surface area contributed by atoms with Gasteiger partial charge in [-0.1, -0.05) is 29.6 Å². The Labute approximate surface area is 88.2 Å². The van der Waals surface area contributed by atoms with E-state index >= 15 is 0 Å². The van der Waals surface area contributed by atoms with E-state index in [2.05, 4.69) is 5.23 Å². The van der Waals surface area contributed by atoms with Gasteiger partial charge in [0.05, 0.1) is 5.56 Å². The van der Waals surface area contributed by atoms with Crippen molar-refractivity contribution in [3.8, 4) is 0 Å². The molecule has 0 bridgehead atoms. The van der Waals surface area contributed by atoms with Crippen molar-refractivity contribution in [2.45, 2.75) is 0 Å². The smallest absolute Gasteiger partial charge is 0.335 e. The van der Waals surface area contributed by atoms with Gasteiger partial charge in [-0.3, -0.25) is 0 Å². The van der Waals surface area contributed by atoms with Gasteiger partial charge in [0.15, 0.2) is 0 Å². The highest BCUT2D eigenvalue weighted by Gasteiger charge is 2.13. The molecule has 2 rings (SSSR count). The van der Waals surface area contributed by atoms with E-state index in [0.29, 0.717) is 5.56 Å². The molecule has 0 amide bonds. The topological polar surface area (TPSA) is 49.3 Å². The highest BCUT2D eigenvalue weighted by Crippen LogP contribution is 1.99. The van der Waals surface area contributed by atoms with Crippen LogP contribution >= 0.6 is 0 Å². The number of hydrogen-bond donors (Lipinski definition) is 2. The number of carboxylic acids is 1. The number of aromatic carboxylic acids is 1. The fourth-order valence-corrected chi connectivity index (χ4v) is 1.49. The summed E-state index contributed by atoms with van der Waals surface area (Å²) in [6.07, 6.45) is 5.75. The van der Waals surface area contributed by atoms with E-state index in [0.717, 1.165) is 5.46 Å². The van der Waals surface area contributed by atoms with Crippen molar-refractivity contribution in [1.82, 2.24) is 5.23 Å². The lowest BCUT2D eigenvalue weighted by atomic mass is 9.55. The standard InChI is InChI=1S/C11H10BNO2/c14-11(15)9-3-5-10(6-4-9)12-7-1-2-8-13-12/h1-8,13H,(H,14,15). The number of rotatable bonds is 2. The molecule has 3 nitrogen and oxygen atoms in total. The minimum absolute atomic E-state index is 0.137. The van der Waals surface area contributed by atoms with E-state index in [1.807, 2.05) is 36.5 Å². The van der Waals surface area contributed by atoms with Crippen LogP contribution in [0, 0.1) is 0 Å². The second-order valence-electron chi connectivity index (χ2n) is 3.32. The van der Waals surface area contributed by atoms with Gasteiger partial charge in [-0.25, -0.2) is 4.79 Å². The maximum atomic E-state index is 10.6. The van der Waals surface area contributed by atoms with Crippen LogP contribution in [0.3, 0.4) is 0 Å². The van der Waals surface area contributed by atoms with Gasteiger partial charge in [0.25, 0.3) is 0 Å². The first-order valence-corrected chi connectivity index (χ1v) is 4.70. The maximum Gasteiger partial charge on any atom is 0.335 e. The molecule has 1 aliphatic rings. The Bertz CT molecular complexity index is 423. The maximum absolute atomic E-state index is 10.6. The predicted molar refractivity (Wildman–Crippen MR) is 60.2 cm³/mol. The highest BCUT2D eigenvalue weighted by molar-refractivity contribution is 6.76. The first kappa shape index (κ1) is 9.58. The fourth-order valence-electron chi connectivity index (χ4n) is 1.49. The summed E-state index contributed by atoms with van der Waals surface area (Å²) in [4.78, 5) is 10.6. The van der Waals surface area contributed by atoms with Crippen LogP contribution in [-0.4, -0.2) is 17.9 Å². The van der Waals surface area contributed by atoms with Crippen LogP contribution in [0.15, 0.2) is 48.6 Å². The van der Waals surface area contributed by atoms with Crippen LogP contribution in [-0.2, 0) is 0 Å². The van der Waals surface area contributed by atoms with E-state index in [-0.39, 0.29) is 6.85 Å². The number of carbonyl (C=O) groups is 1. The van der Waals surface area contributed by atoms with Crippen LogP contribution < -0.4 is 10.7 Å². The molecule has 4 heteroatoms. The molecule has 0 aliphatic carbocycles. The summed E-state index contributed by atoms with van der Waals surface area (Å²) in [5.41, 5.74) is 1.37. The Hall–Kier alpha value is -1.97. The Morgan fingerprint density at radius 3 is 2.47 bits per heavy atom. The minimum atomic E-state index is -0.895. The van der Waals surface area contributed by atoms with E-state index < -0.39 is 5.97 Å². The van der Waals surface area contributed by atoms with Gasteiger partial charge in [-0.05, 0) is 24.4 Å². The highest BCUT2D eigenvalue weighted by atomic mass is 16.4. The number of benzene rings is 1. The molecule has 0 spiro atoms. The van der Waals surface area contributed by atoms with Gasteiger partial charge in [-0.15, -0.1) is 0 Å². The zero-order valence-corrected chi connectivity index (χ0v) is 8.05. The number of carboxylic acid groups (broad SMARTS) is 1. The van der Waals surface area contributed by atoms with Gasteiger partial charge in [0, 0.05) is 0 Å². The second-order valence-corrected chi connectivity index (χ2v) is 3.32. The monoisotopic (exact) mass is 199 g/mol. The zero-order chi connectivity index (χ0) is 10.7. The van der Waals surface area contributed by atoms with E-state index in [1.54, 1.807) is 12.1 Å². The summed E-state index contributed by atoms with van der Waals surface area (Å²) in [6.45, 7) is 0.137. The summed E-state index contributed by atoms with van der Waals surface area (Å²) in [6, 6.07) is 6.88. The van der Waals surface area contributed by atoms with Crippen molar-refractivity contribution < 1.29 is 9.90 Å². The third-order valence-corrected chi connectivity index (χ3v) is 2.30. The van der Waals surface area contributed by atoms with Crippen molar-refractivity contribution in [2.24, 2.45) is 0 Å². The van der Waals surface area contributed by atoms with Gasteiger partial charge in [0.2, 0.25) is 0 Å². The van der Waals surface area contributed by atoms with E-state index in [1.165, 1.54) is 0 Å². The molecule has 0 saturated heterocycles. The summed E-state index contributed by atoms with van der Waals surface area (Å²) in [5.74, 6) is 1.13. The lowest BCUT2D eigenvalue weighted by Crippen LogP contribution is -2.41. The summed E-state index contributed by atoms with van der Waals surface area (Å²) in [7, 11) is 0. The molecular formula is C11H10BNO2. The summed E-state index contributed by atoms with van der Waals surface area (Å²) in [5, 5.41) is 11.9. The molecular weight excluding hydrogens is 189 g/mol. The summed E-state index contributed by atoms with van der Waals surface area (Å²) >= 11 is 0. The minimum Gasteiger partial charge on any atom is -0.478 e. The second kappa shape index (κ2) is 4.04. The van der Waals surface area contributed by atoms with Crippen molar-refractivity contribution >= 4 is 18.3 Å². The molecule has 0 radical (unpaired) electrons. The normalized spacial score (nSPS) is 13.7. The third-order valence-electron chi connectivity index (χ3n) is 2.30.